The highest BCUT2D eigenvalue weighted by Crippen LogP contribution is 2.37. The molecule has 4 heterocycles. The number of pyridine rings is 1. The second-order valence-corrected chi connectivity index (χ2v) is 6.70. The lowest BCUT2D eigenvalue weighted by molar-refractivity contribution is 0.0224. The Hall–Kier alpha value is -2.95. The van der Waals surface area contributed by atoms with Crippen LogP contribution >= 0.6 is 11.6 Å². The Kier molecular flexibility index (Phi) is 5.22. The zero-order chi connectivity index (χ0) is 20.5. The van der Waals surface area contributed by atoms with Crippen LogP contribution in [0.3, 0.4) is 0 Å². The van der Waals surface area contributed by atoms with Crippen LogP contribution in [0.2, 0.25) is 5.02 Å². The Balaban J connectivity index is 1.96. The quantitative estimate of drug-likeness (QED) is 0.492. The van der Waals surface area contributed by atoms with Gasteiger partial charge in [-0.2, -0.15) is 5.10 Å². The van der Waals surface area contributed by atoms with Crippen molar-refractivity contribution in [3.63, 3.8) is 0 Å². The van der Waals surface area contributed by atoms with E-state index in [2.05, 4.69) is 25.1 Å². The molecule has 4 aromatic heterocycles. The molecule has 1 N–H and O–H groups in total. The molecule has 152 valence electrons. The van der Waals surface area contributed by atoms with Crippen molar-refractivity contribution in [2.24, 2.45) is 7.05 Å². The van der Waals surface area contributed by atoms with E-state index >= 15 is 0 Å². The molecule has 11 heteroatoms. The van der Waals surface area contributed by atoms with Gasteiger partial charge in [0.15, 0.2) is 11.6 Å². The number of nitrogens with one attached hydrogen (secondary N) is 1. The van der Waals surface area contributed by atoms with Crippen molar-refractivity contribution in [1.29, 1.82) is 0 Å². The lowest BCUT2D eigenvalue weighted by Crippen LogP contribution is -2.10. The Bertz CT molecular complexity index is 1140. The Morgan fingerprint density at radius 3 is 2.72 bits per heavy atom. The Morgan fingerprint density at radius 1 is 1.24 bits per heavy atom. The van der Waals surface area contributed by atoms with Crippen LogP contribution in [0.25, 0.3) is 28.2 Å². The van der Waals surface area contributed by atoms with Gasteiger partial charge in [-0.3, -0.25) is 5.10 Å². The number of aromatic amines is 1. The monoisotopic (exact) mass is 417 g/mol. The van der Waals surface area contributed by atoms with Gasteiger partial charge in [-0.05, 0) is 6.07 Å². The van der Waals surface area contributed by atoms with E-state index in [1.807, 2.05) is 28.4 Å². The molecule has 0 saturated heterocycles. The number of hydrogen-bond donors (Lipinski definition) is 1. The van der Waals surface area contributed by atoms with E-state index in [9.17, 15) is 0 Å². The molecule has 0 saturated carbocycles. The van der Waals surface area contributed by atoms with Gasteiger partial charge in [0.25, 0.3) is 0 Å². The third kappa shape index (κ3) is 3.24. The molecule has 4 aromatic rings. The molecule has 4 rings (SSSR count). The van der Waals surface area contributed by atoms with Gasteiger partial charge in [0, 0.05) is 33.7 Å². The SMILES string of the molecule is COC[C@H](OC)c1n[nH]c(-c2c(-n3ccnc3)c3nc(OC)c(Cl)cc3n2C)n1. The second kappa shape index (κ2) is 7.82. The van der Waals surface area contributed by atoms with E-state index < -0.39 is 0 Å². The summed E-state index contributed by atoms with van der Waals surface area (Å²) in [4.78, 5) is 13.4. The van der Waals surface area contributed by atoms with Crippen LogP contribution in [-0.2, 0) is 16.5 Å². The second-order valence-electron chi connectivity index (χ2n) is 6.30. The van der Waals surface area contributed by atoms with E-state index in [1.54, 1.807) is 26.7 Å². The number of halogens is 1. The summed E-state index contributed by atoms with van der Waals surface area (Å²) in [5.41, 5.74) is 3.05. The maximum atomic E-state index is 6.32. The zero-order valence-corrected chi connectivity index (χ0v) is 17.1. The predicted molar refractivity (Wildman–Crippen MR) is 106 cm³/mol. The van der Waals surface area contributed by atoms with E-state index in [0.29, 0.717) is 34.7 Å². The number of H-pyrrole nitrogens is 1. The molecule has 0 amide bonds. The fraction of sp³-hybridized carbons (Fsp3) is 0.333. The van der Waals surface area contributed by atoms with Gasteiger partial charge < -0.3 is 23.3 Å². The number of aryl methyl sites for hydroxylation is 1. The summed E-state index contributed by atoms with van der Waals surface area (Å²) >= 11 is 6.32. The van der Waals surface area contributed by atoms with Crippen LogP contribution < -0.4 is 4.74 Å². The molecular weight excluding hydrogens is 398 g/mol. The third-order valence-corrected chi connectivity index (χ3v) is 4.91. The summed E-state index contributed by atoms with van der Waals surface area (Å²) in [7, 11) is 6.63. The van der Waals surface area contributed by atoms with Crippen molar-refractivity contribution >= 4 is 22.6 Å². The normalized spacial score (nSPS) is 12.6. The predicted octanol–water partition coefficient (Wildman–Crippen LogP) is 2.54. The highest BCUT2D eigenvalue weighted by molar-refractivity contribution is 6.32. The van der Waals surface area contributed by atoms with Gasteiger partial charge in [-0.15, -0.1) is 0 Å². The molecule has 0 spiro atoms. The summed E-state index contributed by atoms with van der Waals surface area (Å²) in [5.74, 6) is 1.39. The molecule has 0 bridgehead atoms. The van der Waals surface area contributed by atoms with Crippen LogP contribution in [0.15, 0.2) is 24.8 Å². The van der Waals surface area contributed by atoms with Crippen LogP contribution in [0.4, 0.5) is 0 Å². The first-order chi connectivity index (χ1) is 14.1. The number of methoxy groups -OCH3 is 3. The van der Waals surface area contributed by atoms with Crippen LogP contribution in [-0.4, -0.2) is 62.2 Å². The molecule has 0 unspecified atom stereocenters. The van der Waals surface area contributed by atoms with E-state index in [0.717, 1.165) is 16.9 Å². The number of imidazole rings is 1. The fourth-order valence-corrected chi connectivity index (χ4v) is 3.48. The lowest BCUT2D eigenvalue weighted by atomic mass is 10.3. The van der Waals surface area contributed by atoms with Crippen molar-refractivity contribution < 1.29 is 14.2 Å². The molecule has 0 aromatic carbocycles. The Morgan fingerprint density at radius 2 is 2.07 bits per heavy atom. The lowest BCUT2D eigenvalue weighted by Gasteiger charge is -2.09. The van der Waals surface area contributed by atoms with Crippen molar-refractivity contribution in [1.82, 2.24) is 34.3 Å². The Labute approximate surface area is 171 Å². The smallest absolute Gasteiger partial charge is 0.233 e. The van der Waals surface area contributed by atoms with Gasteiger partial charge in [-0.1, -0.05) is 11.6 Å². The number of ether oxygens (including phenoxy) is 3. The zero-order valence-electron chi connectivity index (χ0n) is 16.4. The minimum Gasteiger partial charge on any atom is -0.480 e. The summed E-state index contributed by atoms with van der Waals surface area (Å²) in [6.07, 6.45) is 4.84. The molecule has 0 aliphatic carbocycles. The van der Waals surface area contributed by atoms with Gasteiger partial charge in [0.2, 0.25) is 5.88 Å². The number of aromatic nitrogens is 7. The first kappa shape index (κ1) is 19.4. The first-order valence-corrected chi connectivity index (χ1v) is 9.12. The molecule has 1 atom stereocenters. The maximum absolute atomic E-state index is 6.32. The highest BCUT2D eigenvalue weighted by Gasteiger charge is 2.25. The molecule has 10 nitrogen and oxygen atoms in total. The van der Waals surface area contributed by atoms with Crippen molar-refractivity contribution in [2.45, 2.75) is 6.10 Å². The van der Waals surface area contributed by atoms with Crippen LogP contribution in [0.5, 0.6) is 5.88 Å². The van der Waals surface area contributed by atoms with E-state index in [1.165, 1.54) is 7.11 Å². The molecule has 0 aliphatic heterocycles. The minimum atomic E-state index is -0.385. The van der Waals surface area contributed by atoms with Crippen LogP contribution in [0.1, 0.15) is 11.9 Å². The first-order valence-electron chi connectivity index (χ1n) is 8.74. The molecule has 0 fully saturated rings. The van der Waals surface area contributed by atoms with Crippen molar-refractivity contribution in [3.8, 4) is 23.1 Å². The summed E-state index contributed by atoms with van der Waals surface area (Å²) in [6.45, 7) is 0.339. The summed E-state index contributed by atoms with van der Waals surface area (Å²) in [5, 5.41) is 7.73. The van der Waals surface area contributed by atoms with Gasteiger partial charge in [0.05, 0.1) is 25.6 Å². The van der Waals surface area contributed by atoms with Crippen LogP contribution in [0, 0.1) is 0 Å². The molecule has 0 radical (unpaired) electrons. The number of hydrogen-bond acceptors (Lipinski definition) is 7. The number of nitrogens with zero attached hydrogens (tertiary/aromatic N) is 6. The van der Waals surface area contributed by atoms with Crippen molar-refractivity contribution in [3.05, 3.63) is 35.6 Å². The average molecular weight is 418 g/mol. The third-order valence-electron chi connectivity index (χ3n) is 4.64. The van der Waals surface area contributed by atoms with E-state index in [4.69, 9.17) is 25.8 Å². The topological polar surface area (TPSA) is 105 Å². The van der Waals surface area contributed by atoms with Gasteiger partial charge in [-0.25, -0.2) is 15.0 Å². The van der Waals surface area contributed by atoms with Crippen molar-refractivity contribution in [2.75, 3.05) is 27.9 Å². The van der Waals surface area contributed by atoms with E-state index in [-0.39, 0.29) is 6.10 Å². The highest BCUT2D eigenvalue weighted by atomic mass is 35.5. The van der Waals surface area contributed by atoms with Gasteiger partial charge in [0.1, 0.15) is 28.0 Å². The molecule has 0 aliphatic rings. The molecular formula is C18H20ClN7O3. The summed E-state index contributed by atoms with van der Waals surface area (Å²) in [6, 6.07) is 1.81. The maximum Gasteiger partial charge on any atom is 0.233 e. The summed E-state index contributed by atoms with van der Waals surface area (Å²) < 4.78 is 19.7. The standard InChI is InChI=1S/C18H20ClN7O3/c1-25-11-7-10(19)18(29-4)21-13(11)14(26-6-5-20-9-26)15(25)17-22-16(23-24-17)12(28-3)8-27-2/h5-7,9,12H,8H2,1-4H3,(H,22,23,24)/t12-/m0/s1. The average Bonchev–Trinajstić information content (AvgIpc) is 3.45. The minimum absolute atomic E-state index is 0.339. The number of rotatable bonds is 7. The fourth-order valence-electron chi connectivity index (χ4n) is 3.26. The largest absolute Gasteiger partial charge is 0.480 e. The number of fused-ring (bicyclic) bond motifs is 1. The molecule has 29 heavy (non-hydrogen) atoms. The van der Waals surface area contributed by atoms with Gasteiger partial charge >= 0.3 is 0 Å².